The Kier molecular flexibility index (Phi) is 4.68. The molecule has 1 aliphatic heterocycles. The van der Waals surface area contributed by atoms with Gasteiger partial charge in [-0.05, 0) is 12.0 Å². The Balaban J connectivity index is 1.63. The van der Waals surface area contributed by atoms with Crippen molar-refractivity contribution in [1.82, 2.24) is 13.6 Å². The molecule has 0 aliphatic carbocycles. The lowest BCUT2D eigenvalue weighted by Gasteiger charge is -2.23. The van der Waals surface area contributed by atoms with Crippen molar-refractivity contribution in [3.63, 3.8) is 0 Å². The van der Waals surface area contributed by atoms with Crippen LogP contribution in [0.5, 0.6) is 5.88 Å². The maximum atomic E-state index is 12.8. The molecule has 0 radical (unpaired) electrons. The number of hydrogen-bond donors (Lipinski definition) is 0. The Morgan fingerprint density at radius 3 is 2.95 bits per heavy atom. The Morgan fingerprint density at radius 2 is 2.27 bits per heavy atom. The number of hydrogen-bond acceptors (Lipinski definition) is 5. The molecule has 2 aromatic rings. The highest BCUT2D eigenvalue weighted by molar-refractivity contribution is 6.99. The Bertz CT molecular complexity index is 603. The monoisotopic (exact) mass is 317 g/mol. The highest BCUT2D eigenvalue weighted by Crippen LogP contribution is 2.25. The van der Waals surface area contributed by atoms with Gasteiger partial charge in [-0.15, -0.1) is 4.37 Å². The van der Waals surface area contributed by atoms with E-state index >= 15 is 0 Å². The van der Waals surface area contributed by atoms with Crippen molar-refractivity contribution < 1.29 is 9.53 Å². The molecule has 3 rings (SSSR count). The van der Waals surface area contributed by atoms with E-state index in [4.69, 9.17) is 4.74 Å². The van der Waals surface area contributed by atoms with Crippen LogP contribution >= 0.6 is 11.7 Å². The molecular formula is C16H19N3O2S. The number of aromatic nitrogens is 2. The highest BCUT2D eigenvalue weighted by Gasteiger charge is 2.32. The van der Waals surface area contributed by atoms with E-state index < -0.39 is 0 Å². The van der Waals surface area contributed by atoms with Gasteiger partial charge < -0.3 is 9.64 Å². The first-order valence-corrected chi connectivity index (χ1v) is 8.29. The smallest absolute Gasteiger partial charge is 0.246 e. The summed E-state index contributed by atoms with van der Waals surface area (Å²) in [6.45, 7) is 3.42. The van der Waals surface area contributed by atoms with Crippen LogP contribution in [-0.2, 0) is 4.79 Å². The number of benzene rings is 1. The normalized spacial score (nSPS) is 19.1. The molecule has 5 nitrogen and oxygen atoms in total. The number of likely N-dealkylation sites (tertiary alicyclic amines) is 1. The van der Waals surface area contributed by atoms with Gasteiger partial charge in [-0.25, -0.2) is 0 Å². The van der Waals surface area contributed by atoms with Crippen LogP contribution in [0.4, 0.5) is 0 Å². The van der Waals surface area contributed by atoms with Crippen LogP contribution in [0.3, 0.4) is 0 Å². The van der Waals surface area contributed by atoms with Gasteiger partial charge in [0, 0.05) is 13.0 Å². The number of carbonyl (C=O) groups excluding carboxylic acids is 1. The number of rotatable bonds is 5. The van der Waals surface area contributed by atoms with Crippen LogP contribution < -0.4 is 4.74 Å². The SMILES string of the molecule is CCC(C(=O)N1CCC(Oc2cnsn2)C1)c1ccccc1. The maximum absolute atomic E-state index is 12.8. The lowest BCUT2D eigenvalue weighted by molar-refractivity contribution is -0.132. The lowest BCUT2D eigenvalue weighted by atomic mass is 9.95. The molecule has 1 aromatic heterocycles. The molecule has 1 amide bonds. The van der Waals surface area contributed by atoms with Gasteiger partial charge in [-0.3, -0.25) is 4.79 Å². The van der Waals surface area contributed by atoms with Crippen LogP contribution in [0, 0.1) is 0 Å². The second kappa shape index (κ2) is 6.87. The number of carbonyl (C=O) groups is 1. The fraction of sp³-hybridized carbons (Fsp3) is 0.438. The summed E-state index contributed by atoms with van der Waals surface area (Å²) in [6.07, 6.45) is 3.28. The summed E-state index contributed by atoms with van der Waals surface area (Å²) in [5.41, 5.74) is 1.09. The Hall–Kier alpha value is -1.95. The van der Waals surface area contributed by atoms with Crippen molar-refractivity contribution in [1.29, 1.82) is 0 Å². The maximum Gasteiger partial charge on any atom is 0.246 e. The molecule has 0 N–H and O–H groups in total. The predicted octanol–water partition coefficient (Wildman–Crippen LogP) is 2.71. The molecule has 0 saturated carbocycles. The van der Waals surface area contributed by atoms with Crippen LogP contribution in [-0.4, -0.2) is 38.7 Å². The first-order valence-electron chi connectivity index (χ1n) is 7.56. The summed E-state index contributed by atoms with van der Waals surface area (Å²) in [5.74, 6) is 0.677. The summed E-state index contributed by atoms with van der Waals surface area (Å²) in [7, 11) is 0. The average molecular weight is 317 g/mol. The molecule has 1 saturated heterocycles. The van der Waals surface area contributed by atoms with E-state index in [0.717, 1.165) is 36.7 Å². The minimum atomic E-state index is -0.0686. The molecule has 1 aliphatic rings. The number of ether oxygens (including phenoxy) is 1. The molecule has 2 atom stereocenters. The molecular weight excluding hydrogens is 298 g/mol. The van der Waals surface area contributed by atoms with E-state index in [9.17, 15) is 4.79 Å². The molecule has 1 aromatic carbocycles. The van der Waals surface area contributed by atoms with Crippen molar-refractivity contribution in [2.45, 2.75) is 31.8 Å². The summed E-state index contributed by atoms with van der Waals surface area (Å²) in [6, 6.07) is 9.99. The third kappa shape index (κ3) is 3.27. The standard InChI is InChI=1S/C16H19N3O2S/c1-2-14(12-6-4-3-5-7-12)16(20)19-9-8-13(11-19)21-15-10-17-22-18-15/h3-7,10,13-14H,2,8-9,11H2,1H3. The minimum absolute atomic E-state index is 0.0149. The highest BCUT2D eigenvalue weighted by atomic mass is 32.1. The van der Waals surface area contributed by atoms with E-state index in [0.29, 0.717) is 12.4 Å². The quantitative estimate of drug-likeness (QED) is 0.851. The molecule has 0 bridgehead atoms. The first kappa shape index (κ1) is 15.0. The molecule has 22 heavy (non-hydrogen) atoms. The zero-order valence-electron chi connectivity index (χ0n) is 12.5. The molecule has 0 spiro atoms. The Morgan fingerprint density at radius 1 is 1.45 bits per heavy atom. The van der Waals surface area contributed by atoms with E-state index in [1.54, 1.807) is 6.20 Å². The van der Waals surface area contributed by atoms with E-state index in [2.05, 4.69) is 15.7 Å². The van der Waals surface area contributed by atoms with Crippen LogP contribution in [0.25, 0.3) is 0 Å². The van der Waals surface area contributed by atoms with Gasteiger partial charge in [-0.1, -0.05) is 37.3 Å². The molecule has 2 heterocycles. The fourth-order valence-electron chi connectivity index (χ4n) is 2.86. The van der Waals surface area contributed by atoms with Crippen LogP contribution in [0.2, 0.25) is 0 Å². The van der Waals surface area contributed by atoms with Crippen LogP contribution in [0.1, 0.15) is 31.2 Å². The summed E-state index contributed by atoms with van der Waals surface area (Å²) in [4.78, 5) is 14.7. The second-order valence-corrected chi connectivity index (χ2v) is 5.99. The summed E-state index contributed by atoms with van der Waals surface area (Å²) >= 11 is 1.13. The molecule has 116 valence electrons. The van der Waals surface area contributed by atoms with Gasteiger partial charge in [0.2, 0.25) is 11.8 Å². The Labute approximate surface area is 134 Å². The third-order valence-electron chi connectivity index (χ3n) is 3.99. The van der Waals surface area contributed by atoms with Gasteiger partial charge >= 0.3 is 0 Å². The first-order chi connectivity index (χ1) is 10.8. The largest absolute Gasteiger partial charge is 0.471 e. The van der Waals surface area contributed by atoms with Crippen molar-refractivity contribution in [2.75, 3.05) is 13.1 Å². The summed E-state index contributed by atoms with van der Waals surface area (Å²) in [5, 5.41) is 0. The average Bonchev–Trinajstić information content (AvgIpc) is 3.21. The van der Waals surface area contributed by atoms with Gasteiger partial charge in [0.25, 0.3) is 0 Å². The second-order valence-electron chi connectivity index (χ2n) is 5.43. The van der Waals surface area contributed by atoms with Gasteiger partial charge in [0.15, 0.2) is 0 Å². The lowest BCUT2D eigenvalue weighted by Crippen LogP contribution is -2.34. The van der Waals surface area contributed by atoms with E-state index in [-0.39, 0.29) is 17.9 Å². The predicted molar refractivity (Wildman–Crippen MR) is 85.0 cm³/mol. The molecule has 1 fully saturated rings. The zero-order chi connectivity index (χ0) is 15.4. The zero-order valence-corrected chi connectivity index (χ0v) is 13.3. The van der Waals surface area contributed by atoms with Gasteiger partial charge in [0.1, 0.15) is 12.3 Å². The number of amides is 1. The minimum Gasteiger partial charge on any atom is -0.471 e. The topological polar surface area (TPSA) is 55.3 Å². The summed E-state index contributed by atoms with van der Waals surface area (Å²) < 4.78 is 13.7. The van der Waals surface area contributed by atoms with Gasteiger partial charge in [0.05, 0.1) is 24.2 Å². The van der Waals surface area contributed by atoms with E-state index in [1.165, 1.54) is 0 Å². The van der Waals surface area contributed by atoms with Crippen molar-refractivity contribution in [3.05, 3.63) is 42.1 Å². The van der Waals surface area contributed by atoms with Crippen molar-refractivity contribution >= 4 is 17.6 Å². The molecule has 6 heteroatoms. The third-order valence-corrected chi connectivity index (χ3v) is 4.45. The van der Waals surface area contributed by atoms with Gasteiger partial charge in [-0.2, -0.15) is 4.37 Å². The fourth-order valence-corrected chi connectivity index (χ4v) is 3.22. The van der Waals surface area contributed by atoms with E-state index in [1.807, 2.05) is 35.2 Å². The molecule has 2 unspecified atom stereocenters. The van der Waals surface area contributed by atoms with Crippen molar-refractivity contribution in [3.8, 4) is 5.88 Å². The van der Waals surface area contributed by atoms with Crippen LogP contribution in [0.15, 0.2) is 36.5 Å². The number of nitrogens with zero attached hydrogens (tertiary/aromatic N) is 3. The van der Waals surface area contributed by atoms with Crippen molar-refractivity contribution in [2.24, 2.45) is 0 Å².